The third kappa shape index (κ3) is 4.19. The minimum Gasteiger partial charge on any atom is -0.353 e. The maximum Gasteiger partial charge on any atom is 0.157 e. The van der Waals surface area contributed by atoms with Crippen LogP contribution in [0.25, 0.3) is 0 Å². The molecule has 0 bridgehead atoms. The van der Waals surface area contributed by atoms with Crippen molar-refractivity contribution in [2.24, 2.45) is 5.73 Å². The summed E-state index contributed by atoms with van der Waals surface area (Å²) in [4.78, 5) is 2.50. The number of likely N-dealkylation sites (tertiary alicyclic amines) is 1. The van der Waals surface area contributed by atoms with E-state index in [1.165, 1.54) is 38.6 Å². The van der Waals surface area contributed by atoms with Crippen LogP contribution in [0.3, 0.4) is 0 Å². The molecule has 2 fully saturated rings. The normalized spacial score (nSPS) is 32.3. The van der Waals surface area contributed by atoms with Crippen LogP contribution in [0.5, 0.6) is 0 Å². The average Bonchev–Trinajstić information content (AvgIpc) is 2.40. The summed E-state index contributed by atoms with van der Waals surface area (Å²) in [5.74, 6) is 0. The summed E-state index contributed by atoms with van der Waals surface area (Å²) in [6, 6.07) is 0.797. The van der Waals surface area contributed by atoms with Gasteiger partial charge in [-0.2, -0.15) is 0 Å². The summed E-state index contributed by atoms with van der Waals surface area (Å²) in [6.07, 6.45) is 7.35. The Morgan fingerprint density at radius 3 is 2.83 bits per heavy atom. The first-order valence-electron chi connectivity index (χ1n) is 7.50. The maximum absolute atomic E-state index is 6.06. The van der Waals surface area contributed by atoms with Crippen molar-refractivity contribution in [3.05, 3.63) is 0 Å². The van der Waals surface area contributed by atoms with E-state index in [1.54, 1.807) is 0 Å². The van der Waals surface area contributed by atoms with Gasteiger partial charge in [-0.1, -0.05) is 6.42 Å². The number of ether oxygens (including phenoxy) is 2. The van der Waals surface area contributed by atoms with E-state index in [0.29, 0.717) is 6.04 Å². The molecule has 2 aliphatic heterocycles. The van der Waals surface area contributed by atoms with Crippen molar-refractivity contribution in [3.63, 3.8) is 0 Å². The van der Waals surface area contributed by atoms with Gasteiger partial charge in [-0.25, -0.2) is 0 Å². The van der Waals surface area contributed by atoms with Gasteiger partial charge in [-0.05, 0) is 45.6 Å². The number of nitrogens with zero attached hydrogens (tertiary/aromatic N) is 1. The Balaban J connectivity index is 1.67. The Hall–Kier alpha value is -0.160. The van der Waals surface area contributed by atoms with Crippen LogP contribution >= 0.6 is 0 Å². The Morgan fingerprint density at radius 1 is 1.28 bits per heavy atom. The number of nitrogens with two attached hydrogens (primary N) is 1. The largest absolute Gasteiger partial charge is 0.353 e. The highest BCUT2D eigenvalue weighted by atomic mass is 16.7. The van der Waals surface area contributed by atoms with Crippen LogP contribution in [-0.2, 0) is 9.47 Å². The molecule has 2 aliphatic rings. The van der Waals surface area contributed by atoms with E-state index < -0.39 is 0 Å². The SMILES string of the molecule is CC(N)C1CCCCN1CCOC1CCCCO1. The van der Waals surface area contributed by atoms with Gasteiger partial charge in [-0.15, -0.1) is 0 Å². The molecular formula is C14H28N2O2. The molecule has 18 heavy (non-hydrogen) atoms. The summed E-state index contributed by atoms with van der Waals surface area (Å²) in [5, 5.41) is 0. The van der Waals surface area contributed by atoms with Crippen molar-refractivity contribution < 1.29 is 9.47 Å². The third-order valence-corrected chi connectivity index (χ3v) is 4.09. The van der Waals surface area contributed by atoms with E-state index in [-0.39, 0.29) is 12.3 Å². The maximum atomic E-state index is 6.06. The van der Waals surface area contributed by atoms with E-state index in [2.05, 4.69) is 11.8 Å². The fourth-order valence-corrected chi connectivity index (χ4v) is 3.03. The molecule has 0 radical (unpaired) electrons. The highest BCUT2D eigenvalue weighted by Gasteiger charge is 2.25. The molecule has 3 atom stereocenters. The quantitative estimate of drug-likeness (QED) is 0.814. The smallest absolute Gasteiger partial charge is 0.157 e. The molecule has 0 aliphatic carbocycles. The summed E-state index contributed by atoms with van der Waals surface area (Å²) in [5.41, 5.74) is 6.06. The van der Waals surface area contributed by atoms with Crippen molar-refractivity contribution in [1.29, 1.82) is 0 Å². The van der Waals surface area contributed by atoms with Crippen LogP contribution in [0, 0.1) is 0 Å². The van der Waals surface area contributed by atoms with Crippen molar-refractivity contribution in [3.8, 4) is 0 Å². The summed E-state index contributed by atoms with van der Waals surface area (Å²) in [7, 11) is 0. The highest BCUT2D eigenvalue weighted by Crippen LogP contribution is 2.19. The number of rotatable bonds is 5. The molecule has 0 aromatic rings. The zero-order valence-electron chi connectivity index (χ0n) is 11.6. The summed E-state index contributed by atoms with van der Waals surface area (Å²) in [6.45, 7) is 5.91. The fourth-order valence-electron chi connectivity index (χ4n) is 3.03. The molecule has 2 rings (SSSR count). The monoisotopic (exact) mass is 256 g/mol. The molecule has 0 aromatic carbocycles. The van der Waals surface area contributed by atoms with Crippen LogP contribution in [0.4, 0.5) is 0 Å². The lowest BCUT2D eigenvalue weighted by atomic mass is 9.97. The lowest BCUT2D eigenvalue weighted by Crippen LogP contribution is -2.50. The fraction of sp³-hybridized carbons (Fsp3) is 1.00. The van der Waals surface area contributed by atoms with Gasteiger partial charge in [0.1, 0.15) is 0 Å². The first-order valence-corrected chi connectivity index (χ1v) is 7.50. The van der Waals surface area contributed by atoms with Gasteiger partial charge in [0, 0.05) is 25.2 Å². The predicted molar refractivity (Wildman–Crippen MR) is 72.4 cm³/mol. The van der Waals surface area contributed by atoms with E-state index in [1.807, 2.05) is 0 Å². The first-order chi connectivity index (χ1) is 8.77. The van der Waals surface area contributed by atoms with Crippen LogP contribution in [0.1, 0.15) is 45.4 Å². The molecular weight excluding hydrogens is 228 g/mol. The standard InChI is InChI=1S/C14H28N2O2/c1-12(15)13-6-2-4-8-16(13)9-11-18-14-7-3-5-10-17-14/h12-14H,2-11,15H2,1H3. The van der Waals surface area contributed by atoms with Crippen LogP contribution in [0.2, 0.25) is 0 Å². The summed E-state index contributed by atoms with van der Waals surface area (Å²) < 4.78 is 11.4. The van der Waals surface area contributed by atoms with Gasteiger partial charge >= 0.3 is 0 Å². The van der Waals surface area contributed by atoms with Gasteiger partial charge in [-0.3, -0.25) is 4.90 Å². The van der Waals surface area contributed by atoms with Crippen molar-refractivity contribution in [1.82, 2.24) is 4.90 Å². The second kappa shape index (κ2) is 7.43. The van der Waals surface area contributed by atoms with Crippen LogP contribution in [0.15, 0.2) is 0 Å². The second-order valence-corrected chi connectivity index (χ2v) is 5.63. The molecule has 0 aromatic heterocycles. The predicted octanol–water partition coefficient (Wildman–Crippen LogP) is 1.73. The molecule has 2 saturated heterocycles. The molecule has 2 heterocycles. The molecule has 4 nitrogen and oxygen atoms in total. The van der Waals surface area contributed by atoms with Crippen molar-refractivity contribution >= 4 is 0 Å². The molecule has 106 valence electrons. The molecule has 3 unspecified atom stereocenters. The molecule has 0 amide bonds. The Kier molecular flexibility index (Phi) is 5.89. The number of piperidine rings is 1. The minimum atomic E-state index is 0.0392. The Bertz CT molecular complexity index is 230. The van der Waals surface area contributed by atoms with Crippen molar-refractivity contribution in [2.75, 3.05) is 26.3 Å². The van der Waals surface area contributed by atoms with E-state index in [4.69, 9.17) is 15.2 Å². The van der Waals surface area contributed by atoms with Gasteiger partial charge in [0.05, 0.1) is 6.61 Å². The third-order valence-electron chi connectivity index (χ3n) is 4.09. The summed E-state index contributed by atoms with van der Waals surface area (Å²) >= 11 is 0. The molecule has 4 heteroatoms. The van der Waals surface area contributed by atoms with Crippen LogP contribution in [-0.4, -0.2) is 49.6 Å². The first kappa shape index (κ1) is 14.3. The number of hydrogen-bond donors (Lipinski definition) is 1. The molecule has 0 spiro atoms. The Morgan fingerprint density at radius 2 is 2.11 bits per heavy atom. The van der Waals surface area contributed by atoms with Gasteiger partial charge in [0.25, 0.3) is 0 Å². The van der Waals surface area contributed by atoms with Crippen molar-refractivity contribution in [2.45, 2.75) is 63.8 Å². The van der Waals surface area contributed by atoms with Gasteiger partial charge in [0.15, 0.2) is 6.29 Å². The highest BCUT2D eigenvalue weighted by molar-refractivity contribution is 4.82. The van der Waals surface area contributed by atoms with Gasteiger partial charge < -0.3 is 15.2 Å². The zero-order chi connectivity index (χ0) is 12.8. The number of hydrogen-bond acceptors (Lipinski definition) is 4. The van der Waals surface area contributed by atoms with Crippen LogP contribution < -0.4 is 5.73 Å². The topological polar surface area (TPSA) is 47.7 Å². The van der Waals surface area contributed by atoms with Gasteiger partial charge in [0.2, 0.25) is 0 Å². The second-order valence-electron chi connectivity index (χ2n) is 5.63. The minimum absolute atomic E-state index is 0.0392. The van der Waals surface area contributed by atoms with E-state index in [9.17, 15) is 0 Å². The molecule has 2 N–H and O–H groups in total. The zero-order valence-corrected chi connectivity index (χ0v) is 11.6. The van der Waals surface area contributed by atoms with E-state index >= 15 is 0 Å². The lowest BCUT2D eigenvalue weighted by Gasteiger charge is -2.38. The van der Waals surface area contributed by atoms with E-state index in [0.717, 1.165) is 26.2 Å². The average molecular weight is 256 g/mol. The Labute approximate surface area is 111 Å². The molecule has 0 saturated carbocycles. The lowest BCUT2D eigenvalue weighted by molar-refractivity contribution is -0.165.